The van der Waals surface area contributed by atoms with E-state index in [4.69, 9.17) is 0 Å². The highest BCUT2D eigenvalue weighted by atomic mass is 32.1. The van der Waals surface area contributed by atoms with Crippen LogP contribution in [0.5, 0.6) is 0 Å². The van der Waals surface area contributed by atoms with Gasteiger partial charge in [-0.2, -0.15) is 0 Å². The van der Waals surface area contributed by atoms with E-state index in [1.807, 2.05) is 0 Å². The van der Waals surface area contributed by atoms with Crippen molar-refractivity contribution in [3.63, 3.8) is 0 Å². The van der Waals surface area contributed by atoms with Crippen LogP contribution in [0.25, 0.3) is 10.6 Å². The normalized spacial score (nSPS) is 10.9. The van der Waals surface area contributed by atoms with E-state index in [1.54, 1.807) is 0 Å². The van der Waals surface area contributed by atoms with Crippen LogP contribution in [0.2, 0.25) is 0 Å². The number of nitrogens with zero attached hydrogens (tertiary/aromatic N) is 2. The van der Waals surface area contributed by atoms with Crippen molar-refractivity contribution in [2.24, 2.45) is 0 Å². The summed E-state index contributed by atoms with van der Waals surface area (Å²) >= 11 is 1.36. The summed E-state index contributed by atoms with van der Waals surface area (Å²) in [5.41, 5.74) is 0.305. The first-order chi connectivity index (χ1) is 9.70. The van der Waals surface area contributed by atoms with Crippen LogP contribution in [0.4, 0.5) is 8.78 Å². The molecular weight excluding hydrogens is 280 g/mol. The van der Waals surface area contributed by atoms with Crippen molar-refractivity contribution >= 4 is 11.3 Å². The van der Waals surface area contributed by atoms with Crippen LogP contribution in [0, 0.1) is 11.6 Å². The molecule has 0 aliphatic rings. The summed E-state index contributed by atoms with van der Waals surface area (Å²) in [5, 5.41) is 12.7. The number of rotatable bonds is 7. The zero-order chi connectivity index (χ0) is 14.4. The Hall–Kier alpha value is -1.40. The van der Waals surface area contributed by atoms with E-state index >= 15 is 0 Å². The van der Waals surface area contributed by atoms with Gasteiger partial charge in [-0.15, -0.1) is 10.2 Å². The first-order valence-electron chi connectivity index (χ1n) is 6.69. The number of hydrogen-bond acceptors (Lipinski definition) is 4. The van der Waals surface area contributed by atoms with Gasteiger partial charge in [0, 0.05) is 18.1 Å². The predicted molar refractivity (Wildman–Crippen MR) is 76.7 cm³/mol. The van der Waals surface area contributed by atoms with Gasteiger partial charge in [0.2, 0.25) is 0 Å². The van der Waals surface area contributed by atoms with Gasteiger partial charge in [0.05, 0.1) is 0 Å². The Kier molecular flexibility index (Phi) is 5.55. The number of nitrogens with one attached hydrogen (secondary N) is 1. The van der Waals surface area contributed by atoms with Gasteiger partial charge in [-0.25, -0.2) is 8.78 Å². The molecule has 2 rings (SSSR count). The highest BCUT2D eigenvalue weighted by Gasteiger charge is 2.11. The Bertz CT molecular complexity index is 557. The second-order valence-corrected chi connectivity index (χ2v) is 5.54. The van der Waals surface area contributed by atoms with Gasteiger partial charge in [0.15, 0.2) is 5.01 Å². The van der Waals surface area contributed by atoms with Crippen LogP contribution in [0.1, 0.15) is 24.8 Å². The minimum atomic E-state index is -0.600. The molecule has 0 aliphatic heterocycles. The zero-order valence-electron chi connectivity index (χ0n) is 11.3. The largest absolute Gasteiger partial charge is 0.317 e. The monoisotopic (exact) mass is 297 g/mol. The first kappa shape index (κ1) is 15.0. The molecule has 0 spiro atoms. The van der Waals surface area contributed by atoms with Crippen molar-refractivity contribution in [2.45, 2.75) is 26.2 Å². The maximum Gasteiger partial charge on any atom is 0.150 e. The number of benzene rings is 1. The molecule has 0 aliphatic carbocycles. The van der Waals surface area contributed by atoms with Crippen molar-refractivity contribution < 1.29 is 8.78 Å². The molecule has 2 aromatic rings. The molecule has 6 heteroatoms. The Morgan fingerprint density at radius 1 is 1.20 bits per heavy atom. The van der Waals surface area contributed by atoms with Gasteiger partial charge in [-0.3, -0.25) is 0 Å². The third kappa shape index (κ3) is 4.05. The summed E-state index contributed by atoms with van der Waals surface area (Å²) in [7, 11) is 0. The topological polar surface area (TPSA) is 37.8 Å². The molecule has 20 heavy (non-hydrogen) atoms. The Morgan fingerprint density at radius 3 is 2.80 bits per heavy atom. The van der Waals surface area contributed by atoms with Crippen LogP contribution in [-0.2, 0) is 6.42 Å². The minimum absolute atomic E-state index is 0.305. The van der Waals surface area contributed by atoms with E-state index in [0.717, 1.165) is 43.4 Å². The molecule has 0 radical (unpaired) electrons. The fraction of sp³-hybridized carbons (Fsp3) is 0.429. The maximum absolute atomic E-state index is 13.6. The van der Waals surface area contributed by atoms with E-state index < -0.39 is 11.6 Å². The lowest BCUT2D eigenvalue weighted by molar-refractivity contribution is 0.585. The molecule has 3 nitrogen and oxygen atoms in total. The maximum atomic E-state index is 13.6. The van der Waals surface area contributed by atoms with Crippen LogP contribution < -0.4 is 5.32 Å². The van der Waals surface area contributed by atoms with E-state index in [2.05, 4.69) is 22.4 Å². The lowest BCUT2D eigenvalue weighted by Gasteiger charge is -2.00. The van der Waals surface area contributed by atoms with Gasteiger partial charge in [0.1, 0.15) is 16.6 Å². The molecule has 108 valence electrons. The summed E-state index contributed by atoms with van der Waals surface area (Å²) in [6.07, 6.45) is 2.91. The molecule has 1 aromatic carbocycles. The van der Waals surface area contributed by atoms with Crippen molar-refractivity contribution in [2.75, 3.05) is 13.1 Å². The molecule has 0 atom stereocenters. The highest BCUT2D eigenvalue weighted by molar-refractivity contribution is 7.14. The second kappa shape index (κ2) is 7.40. The molecule has 1 aromatic heterocycles. The SMILES string of the molecule is CCCNCCCc1nnc(-c2ccc(F)cc2F)s1. The first-order valence-corrected chi connectivity index (χ1v) is 7.51. The van der Waals surface area contributed by atoms with E-state index in [1.165, 1.54) is 23.5 Å². The fourth-order valence-corrected chi connectivity index (χ4v) is 2.70. The fourth-order valence-electron chi connectivity index (χ4n) is 1.79. The third-order valence-corrected chi connectivity index (χ3v) is 3.82. The molecule has 0 saturated carbocycles. The Labute approximate surface area is 121 Å². The number of halogens is 2. The standard InChI is InChI=1S/C14H17F2N3S/c1-2-7-17-8-3-4-13-18-19-14(20-13)11-6-5-10(15)9-12(11)16/h5-6,9,17H,2-4,7-8H2,1H3. The van der Waals surface area contributed by atoms with Gasteiger partial charge in [-0.05, 0) is 38.1 Å². The number of aryl methyl sites for hydroxylation is 1. The smallest absolute Gasteiger partial charge is 0.150 e. The van der Waals surface area contributed by atoms with Crippen molar-refractivity contribution in [1.29, 1.82) is 0 Å². The molecule has 0 amide bonds. The molecule has 0 unspecified atom stereocenters. The summed E-state index contributed by atoms with van der Waals surface area (Å²) in [6, 6.07) is 3.50. The predicted octanol–water partition coefficient (Wildman–Crippen LogP) is 3.42. The van der Waals surface area contributed by atoms with E-state index in [-0.39, 0.29) is 0 Å². The third-order valence-electron chi connectivity index (χ3n) is 2.80. The van der Waals surface area contributed by atoms with Crippen LogP contribution >= 0.6 is 11.3 Å². The molecule has 1 heterocycles. The van der Waals surface area contributed by atoms with Crippen LogP contribution in [0.15, 0.2) is 18.2 Å². The van der Waals surface area contributed by atoms with Gasteiger partial charge < -0.3 is 5.32 Å². The average Bonchev–Trinajstić information content (AvgIpc) is 2.87. The summed E-state index contributed by atoms with van der Waals surface area (Å²) in [4.78, 5) is 0. The molecule has 0 fully saturated rings. The van der Waals surface area contributed by atoms with Crippen LogP contribution in [-0.4, -0.2) is 23.3 Å². The van der Waals surface area contributed by atoms with E-state index in [0.29, 0.717) is 10.6 Å². The quantitative estimate of drug-likeness (QED) is 0.796. The summed E-state index contributed by atoms with van der Waals surface area (Å²) in [5.74, 6) is -1.18. The molecule has 1 N–H and O–H groups in total. The minimum Gasteiger partial charge on any atom is -0.317 e. The van der Waals surface area contributed by atoms with Crippen molar-refractivity contribution in [3.8, 4) is 10.6 Å². The van der Waals surface area contributed by atoms with Gasteiger partial charge >= 0.3 is 0 Å². The number of hydrogen-bond donors (Lipinski definition) is 1. The second-order valence-electron chi connectivity index (χ2n) is 4.48. The van der Waals surface area contributed by atoms with Gasteiger partial charge in [-0.1, -0.05) is 18.3 Å². The highest BCUT2D eigenvalue weighted by Crippen LogP contribution is 2.26. The zero-order valence-corrected chi connectivity index (χ0v) is 12.1. The lowest BCUT2D eigenvalue weighted by Crippen LogP contribution is -2.16. The Balaban J connectivity index is 1.95. The Morgan fingerprint density at radius 2 is 2.05 bits per heavy atom. The summed E-state index contributed by atoms with van der Waals surface area (Å²) < 4.78 is 26.5. The summed E-state index contributed by atoms with van der Waals surface area (Å²) in [6.45, 7) is 4.08. The lowest BCUT2D eigenvalue weighted by atomic mass is 10.2. The van der Waals surface area contributed by atoms with Gasteiger partial charge in [0.25, 0.3) is 0 Å². The average molecular weight is 297 g/mol. The van der Waals surface area contributed by atoms with E-state index in [9.17, 15) is 8.78 Å². The van der Waals surface area contributed by atoms with Crippen LogP contribution in [0.3, 0.4) is 0 Å². The number of aromatic nitrogens is 2. The van der Waals surface area contributed by atoms with Crippen molar-refractivity contribution in [1.82, 2.24) is 15.5 Å². The van der Waals surface area contributed by atoms with Crippen molar-refractivity contribution in [3.05, 3.63) is 34.8 Å². The molecule has 0 bridgehead atoms. The molecular formula is C14H17F2N3S. The molecule has 0 saturated heterocycles.